The van der Waals surface area contributed by atoms with E-state index in [0.717, 1.165) is 10.4 Å². The number of halogens is 1. The molecule has 0 fully saturated rings. The van der Waals surface area contributed by atoms with Gasteiger partial charge in [0.05, 0.1) is 4.88 Å². The molecule has 0 aromatic carbocycles. The van der Waals surface area contributed by atoms with Crippen LogP contribution in [-0.2, 0) is 0 Å². The Morgan fingerprint density at radius 2 is 2.00 bits per heavy atom. The fourth-order valence-corrected chi connectivity index (χ4v) is 2.26. The van der Waals surface area contributed by atoms with E-state index < -0.39 is 0 Å². The highest BCUT2D eigenvalue weighted by atomic mass is 32.1. The molecule has 0 bridgehead atoms. The predicted octanol–water partition coefficient (Wildman–Crippen LogP) is 4.14. The second-order valence-corrected chi connectivity index (χ2v) is 4.12. The highest BCUT2D eigenvalue weighted by Gasteiger charge is 2.05. The van der Waals surface area contributed by atoms with Crippen LogP contribution in [0.2, 0.25) is 0 Å². The van der Waals surface area contributed by atoms with Gasteiger partial charge in [-0.25, -0.2) is 4.39 Å². The summed E-state index contributed by atoms with van der Waals surface area (Å²) in [5, 5.41) is 0. The molecule has 15 heavy (non-hydrogen) atoms. The lowest BCUT2D eigenvalue weighted by Gasteiger charge is -1.94. The second-order valence-electron chi connectivity index (χ2n) is 3.04. The zero-order chi connectivity index (χ0) is 10.7. The number of hydrogen-bond acceptors (Lipinski definition) is 2. The Hall–Kier alpha value is -1.48. The number of thiophene rings is 1. The minimum Gasteiger partial charge on any atom is -0.265 e. The zero-order valence-electron chi connectivity index (χ0n) is 8.27. The Kier molecular flexibility index (Phi) is 2.92. The highest BCUT2D eigenvalue weighted by Crippen LogP contribution is 2.31. The minimum absolute atomic E-state index is 0.166. The van der Waals surface area contributed by atoms with Gasteiger partial charge >= 0.3 is 0 Å². The standard InChI is InChI=1S/C12H10FNS/c1-2-10(13)12-4-3-11(15-12)9-5-7-14-8-6-9/h2-8H,1H3/b10-2-. The molecule has 2 rings (SSSR count). The smallest absolute Gasteiger partial charge is 0.136 e. The van der Waals surface area contributed by atoms with Crippen LogP contribution in [0.25, 0.3) is 16.3 Å². The summed E-state index contributed by atoms with van der Waals surface area (Å²) in [5.74, 6) is -0.166. The monoisotopic (exact) mass is 219 g/mol. The third-order valence-electron chi connectivity index (χ3n) is 2.06. The normalized spacial score (nSPS) is 11.7. The first-order chi connectivity index (χ1) is 7.31. The molecule has 0 saturated heterocycles. The van der Waals surface area contributed by atoms with E-state index in [2.05, 4.69) is 4.98 Å². The summed E-state index contributed by atoms with van der Waals surface area (Å²) < 4.78 is 13.3. The van der Waals surface area contributed by atoms with Crippen molar-refractivity contribution in [2.24, 2.45) is 0 Å². The number of aromatic nitrogens is 1. The number of hydrogen-bond donors (Lipinski definition) is 0. The van der Waals surface area contributed by atoms with Gasteiger partial charge in [-0.15, -0.1) is 11.3 Å². The molecule has 0 atom stereocenters. The number of nitrogens with zero attached hydrogens (tertiary/aromatic N) is 1. The molecule has 0 saturated carbocycles. The van der Waals surface area contributed by atoms with Crippen LogP contribution in [0.5, 0.6) is 0 Å². The summed E-state index contributed by atoms with van der Waals surface area (Å²) in [6.07, 6.45) is 4.95. The van der Waals surface area contributed by atoms with Crippen molar-refractivity contribution in [1.82, 2.24) is 4.98 Å². The molecule has 0 radical (unpaired) electrons. The van der Waals surface area contributed by atoms with Crippen molar-refractivity contribution in [1.29, 1.82) is 0 Å². The molecular formula is C12H10FNS. The van der Waals surface area contributed by atoms with E-state index in [-0.39, 0.29) is 5.83 Å². The van der Waals surface area contributed by atoms with Crippen molar-refractivity contribution in [3.63, 3.8) is 0 Å². The summed E-state index contributed by atoms with van der Waals surface area (Å²) in [7, 11) is 0. The van der Waals surface area contributed by atoms with Gasteiger partial charge in [0.1, 0.15) is 5.83 Å². The Bertz CT molecular complexity index is 473. The van der Waals surface area contributed by atoms with Gasteiger partial charge in [0, 0.05) is 17.3 Å². The van der Waals surface area contributed by atoms with E-state index in [4.69, 9.17) is 0 Å². The summed E-state index contributed by atoms with van der Waals surface area (Å²) in [5.41, 5.74) is 1.07. The van der Waals surface area contributed by atoms with Crippen molar-refractivity contribution in [2.45, 2.75) is 6.92 Å². The average molecular weight is 219 g/mol. The summed E-state index contributed by atoms with van der Waals surface area (Å²) in [6.45, 7) is 1.70. The lowest BCUT2D eigenvalue weighted by molar-refractivity contribution is 0.762. The van der Waals surface area contributed by atoms with Crippen molar-refractivity contribution in [3.8, 4) is 10.4 Å². The molecule has 0 N–H and O–H groups in total. The first kappa shape index (κ1) is 10.1. The van der Waals surface area contributed by atoms with Crippen LogP contribution in [0.4, 0.5) is 4.39 Å². The molecular weight excluding hydrogens is 209 g/mol. The Balaban J connectivity index is 2.36. The Morgan fingerprint density at radius 1 is 1.27 bits per heavy atom. The first-order valence-electron chi connectivity index (χ1n) is 4.63. The molecule has 2 aromatic heterocycles. The molecule has 2 heterocycles. The van der Waals surface area contributed by atoms with Crippen molar-refractivity contribution in [2.75, 3.05) is 0 Å². The van der Waals surface area contributed by atoms with E-state index in [9.17, 15) is 4.39 Å². The van der Waals surface area contributed by atoms with Gasteiger partial charge in [0.25, 0.3) is 0 Å². The molecule has 0 unspecified atom stereocenters. The summed E-state index contributed by atoms with van der Waals surface area (Å²) in [4.78, 5) is 5.68. The molecule has 3 heteroatoms. The van der Waals surface area contributed by atoms with Gasteiger partial charge in [-0.2, -0.15) is 0 Å². The third kappa shape index (κ3) is 2.13. The van der Waals surface area contributed by atoms with E-state index in [0.29, 0.717) is 4.88 Å². The van der Waals surface area contributed by atoms with Crippen LogP contribution in [0, 0.1) is 0 Å². The molecule has 0 aliphatic carbocycles. The van der Waals surface area contributed by atoms with Crippen molar-refractivity contribution < 1.29 is 4.39 Å². The maximum Gasteiger partial charge on any atom is 0.136 e. The lowest BCUT2D eigenvalue weighted by Crippen LogP contribution is -1.71. The lowest BCUT2D eigenvalue weighted by atomic mass is 10.2. The SMILES string of the molecule is C/C=C(\F)c1ccc(-c2ccncc2)s1. The maximum atomic E-state index is 13.3. The quantitative estimate of drug-likeness (QED) is 0.739. The average Bonchev–Trinajstić information content (AvgIpc) is 2.78. The fourth-order valence-electron chi connectivity index (χ4n) is 1.28. The second kappa shape index (κ2) is 4.36. The molecule has 0 spiro atoms. The third-order valence-corrected chi connectivity index (χ3v) is 3.20. The molecule has 76 valence electrons. The maximum absolute atomic E-state index is 13.3. The van der Waals surface area contributed by atoms with Crippen LogP contribution in [0.15, 0.2) is 42.7 Å². The van der Waals surface area contributed by atoms with Gasteiger partial charge in [-0.1, -0.05) is 6.08 Å². The fraction of sp³-hybridized carbons (Fsp3) is 0.0833. The predicted molar refractivity (Wildman–Crippen MR) is 62.3 cm³/mol. The molecule has 0 amide bonds. The van der Waals surface area contributed by atoms with Gasteiger partial charge in [-0.05, 0) is 36.8 Å². The van der Waals surface area contributed by atoms with Crippen molar-refractivity contribution in [3.05, 3.63) is 47.6 Å². The molecule has 0 aliphatic heterocycles. The highest BCUT2D eigenvalue weighted by molar-refractivity contribution is 7.16. The van der Waals surface area contributed by atoms with Crippen molar-refractivity contribution >= 4 is 17.2 Å². The van der Waals surface area contributed by atoms with Gasteiger partial charge in [0.15, 0.2) is 0 Å². The van der Waals surface area contributed by atoms with Crippen LogP contribution >= 0.6 is 11.3 Å². The van der Waals surface area contributed by atoms with Crippen LogP contribution in [0.1, 0.15) is 11.8 Å². The molecule has 0 aliphatic rings. The van der Waals surface area contributed by atoms with Crippen LogP contribution in [-0.4, -0.2) is 4.98 Å². The number of pyridine rings is 1. The number of allylic oxidation sites excluding steroid dienone is 1. The first-order valence-corrected chi connectivity index (χ1v) is 5.45. The summed E-state index contributed by atoms with van der Waals surface area (Å²) >= 11 is 1.45. The summed E-state index contributed by atoms with van der Waals surface area (Å²) in [6, 6.07) is 7.57. The van der Waals surface area contributed by atoms with Crippen LogP contribution < -0.4 is 0 Å². The van der Waals surface area contributed by atoms with E-state index in [1.807, 2.05) is 18.2 Å². The number of rotatable bonds is 2. The largest absolute Gasteiger partial charge is 0.265 e. The van der Waals surface area contributed by atoms with Gasteiger partial charge in [0.2, 0.25) is 0 Å². The Morgan fingerprint density at radius 3 is 2.67 bits per heavy atom. The van der Waals surface area contributed by atoms with E-state index in [1.54, 1.807) is 25.4 Å². The molecule has 1 nitrogen and oxygen atoms in total. The van der Waals surface area contributed by atoms with Crippen LogP contribution in [0.3, 0.4) is 0 Å². The van der Waals surface area contributed by atoms with Gasteiger partial charge in [-0.3, -0.25) is 4.98 Å². The minimum atomic E-state index is -0.166. The zero-order valence-corrected chi connectivity index (χ0v) is 9.09. The Labute approximate surface area is 91.9 Å². The van der Waals surface area contributed by atoms with E-state index in [1.165, 1.54) is 17.4 Å². The molecule has 2 aromatic rings. The topological polar surface area (TPSA) is 12.9 Å². The van der Waals surface area contributed by atoms with E-state index >= 15 is 0 Å². The van der Waals surface area contributed by atoms with Gasteiger partial charge < -0.3 is 0 Å².